The Kier molecular flexibility index (Phi) is 9.79. The van der Waals surface area contributed by atoms with Gasteiger partial charge in [0.1, 0.15) is 5.82 Å². The largest absolute Gasteiger partial charge is 0.481 e. The molecule has 0 saturated carbocycles. The van der Waals surface area contributed by atoms with Gasteiger partial charge in [0.05, 0.1) is 34.3 Å². The van der Waals surface area contributed by atoms with Gasteiger partial charge in [0.2, 0.25) is 0 Å². The Balaban J connectivity index is 1.40. The zero-order chi connectivity index (χ0) is 33.5. The molecule has 13 nitrogen and oxygen atoms in total. The van der Waals surface area contributed by atoms with Crippen molar-refractivity contribution < 1.29 is 33.6 Å². The number of carbonyl (C=O) groups is 4. The van der Waals surface area contributed by atoms with E-state index in [0.29, 0.717) is 43.0 Å². The molecule has 1 unspecified atom stereocenters. The van der Waals surface area contributed by atoms with E-state index in [9.17, 15) is 38.8 Å². The van der Waals surface area contributed by atoms with E-state index < -0.39 is 41.0 Å². The van der Waals surface area contributed by atoms with Gasteiger partial charge in [0.25, 0.3) is 23.4 Å². The summed E-state index contributed by atoms with van der Waals surface area (Å²) in [5.41, 5.74) is 1.74. The molecule has 0 aliphatic carbocycles. The third-order valence-electron chi connectivity index (χ3n) is 7.62. The van der Waals surface area contributed by atoms with E-state index in [-0.39, 0.29) is 28.4 Å². The maximum atomic E-state index is 13.5. The van der Waals surface area contributed by atoms with Gasteiger partial charge in [-0.15, -0.1) is 0 Å². The van der Waals surface area contributed by atoms with E-state index in [1.807, 2.05) is 4.90 Å². The second kappa shape index (κ2) is 14.3. The van der Waals surface area contributed by atoms with E-state index >= 15 is 0 Å². The molecule has 4 aromatic rings. The van der Waals surface area contributed by atoms with Crippen molar-refractivity contribution in [2.75, 3.05) is 36.4 Å². The third kappa shape index (κ3) is 7.92. The van der Waals surface area contributed by atoms with Crippen molar-refractivity contribution >= 4 is 40.8 Å². The third-order valence-corrected chi connectivity index (χ3v) is 7.62. The number of hydrogen-bond donors (Lipinski definition) is 3. The fourth-order valence-corrected chi connectivity index (χ4v) is 5.17. The number of anilines is 2. The molecule has 3 aromatic carbocycles. The smallest absolute Gasteiger partial charge is 0.305 e. The van der Waals surface area contributed by atoms with Crippen LogP contribution >= 0.6 is 0 Å². The van der Waals surface area contributed by atoms with E-state index in [4.69, 9.17) is 0 Å². The molecule has 1 fully saturated rings. The van der Waals surface area contributed by atoms with Gasteiger partial charge in [-0.05, 0) is 60.2 Å². The maximum Gasteiger partial charge on any atom is 0.305 e. The number of pyridine rings is 1. The number of aromatic nitrogens is 1. The lowest BCUT2D eigenvalue weighted by molar-refractivity contribution is -0.384. The molecule has 0 radical (unpaired) electrons. The lowest BCUT2D eigenvalue weighted by atomic mass is 10.0. The van der Waals surface area contributed by atoms with Gasteiger partial charge in [-0.25, -0.2) is 4.39 Å². The van der Waals surface area contributed by atoms with Crippen molar-refractivity contribution in [1.29, 1.82) is 0 Å². The molecule has 3 N–H and O–H groups in total. The van der Waals surface area contributed by atoms with Crippen molar-refractivity contribution in [3.63, 3.8) is 0 Å². The summed E-state index contributed by atoms with van der Waals surface area (Å²) in [7, 11) is 0. The standard InChI is InChI=1S/C33H29FN6O7/c34-25-8-3-21(4-9-25)27(19-30(41)42)36-32(44)23-7-12-29(28(18-23)37-31(43)22-5-10-26(11-6-22)40(46)47)38-14-16-39(17-15-38)33(45)24-2-1-13-35-20-24/h1-13,18,20,27H,14-17,19H2,(H,36,44)(H,37,43)(H,41,42). The summed E-state index contributed by atoms with van der Waals surface area (Å²) < 4.78 is 13.5. The fraction of sp³-hybridized carbons (Fsp3) is 0.182. The predicted octanol–water partition coefficient (Wildman–Crippen LogP) is 4.29. The Morgan fingerprint density at radius 2 is 1.57 bits per heavy atom. The Labute approximate surface area is 267 Å². The molecular weight excluding hydrogens is 611 g/mol. The first-order valence-electron chi connectivity index (χ1n) is 14.5. The molecule has 1 atom stereocenters. The number of rotatable bonds is 10. The minimum absolute atomic E-state index is 0.107. The summed E-state index contributed by atoms with van der Waals surface area (Å²) in [6, 6.07) is 17.2. The minimum atomic E-state index is -1.17. The first-order valence-corrected chi connectivity index (χ1v) is 14.5. The Morgan fingerprint density at radius 1 is 0.894 bits per heavy atom. The van der Waals surface area contributed by atoms with Crippen LogP contribution in [-0.4, -0.2) is 69.8 Å². The summed E-state index contributed by atoms with van der Waals surface area (Å²) in [6.45, 7) is 1.56. The number of amides is 3. The molecule has 1 saturated heterocycles. The fourth-order valence-electron chi connectivity index (χ4n) is 5.17. The number of nitro benzene ring substituents is 1. The molecule has 0 bridgehead atoms. The second-order valence-electron chi connectivity index (χ2n) is 10.7. The van der Waals surface area contributed by atoms with Crippen LogP contribution in [-0.2, 0) is 4.79 Å². The molecule has 2 heterocycles. The molecule has 14 heteroatoms. The monoisotopic (exact) mass is 640 g/mol. The van der Waals surface area contributed by atoms with Gasteiger partial charge in [-0.1, -0.05) is 12.1 Å². The van der Waals surface area contributed by atoms with Crippen molar-refractivity contribution in [2.45, 2.75) is 12.5 Å². The number of non-ortho nitro benzene ring substituents is 1. The number of carboxylic acid groups (broad SMARTS) is 1. The predicted molar refractivity (Wildman–Crippen MR) is 169 cm³/mol. The van der Waals surface area contributed by atoms with Crippen LogP contribution in [0.15, 0.2) is 91.3 Å². The number of nitrogens with zero attached hydrogens (tertiary/aromatic N) is 4. The van der Waals surface area contributed by atoms with Gasteiger partial charge in [-0.2, -0.15) is 0 Å². The lowest BCUT2D eigenvalue weighted by Crippen LogP contribution is -2.49. The number of aliphatic carboxylic acids is 1. The average Bonchev–Trinajstić information content (AvgIpc) is 3.08. The van der Waals surface area contributed by atoms with Gasteiger partial charge in [0, 0.05) is 61.8 Å². The van der Waals surface area contributed by atoms with Crippen LogP contribution in [0.5, 0.6) is 0 Å². The summed E-state index contributed by atoms with van der Waals surface area (Å²) in [5.74, 6) is -3.06. The number of halogens is 1. The SMILES string of the molecule is O=C(O)CC(NC(=O)c1ccc(N2CCN(C(=O)c3cccnc3)CC2)c(NC(=O)c2ccc([N+](=O)[O-])cc2)c1)c1ccc(F)cc1. The second-order valence-corrected chi connectivity index (χ2v) is 10.7. The Bertz CT molecular complexity index is 1790. The molecule has 1 aromatic heterocycles. The zero-order valence-electron chi connectivity index (χ0n) is 24.8. The van der Waals surface area contributed by atoms with Gasteiger partial charge < -0.3 is 25.5 Å². The van der Waals surface area contributed by atoms with Crippen LogP contribution < -0.4 is 15.5 Å². The highest BCUT2D eigenvalue weighted by atomic mass is 19.1. The summed E-state index contributed by atoms with van der Waals surface area (Å²) in [5, 5.41) is 26.0. The number of piperazine rings is 1. The van der Waals surface area contributed by atoms with Gasteiger partial charge in [0.15, 0.2) is 0 Å². The van der Waals surface area contributed by atoms with E-state index in [2.05, 4.69) is 15.6 Å². The van der Waals surface area contributed by atoms with Crippen LogP contribution in [0.25, 0.3) is 0 Å². The molecule has 1 aliphatic rings. The lowest BCUT2D eigenvalue weighted by Gasteiger charge is -2.37. The van der Waals surface area contributed by atoms with E-state index in [1.54, 1.807) is 29.3 Å². The number of hydrogen-bond acceptors (Lipinski definition) is 8. The number of carboxylic acids is 1. The number of carbonyl (C=O) groups excluding carboxylic acids is 3. The molecule has 1 aliphatic heterocycles. The van der Waals surface area contributed by atoms with Crippen molar-refractivity contribution in [1.82, 2.24) is 15.2 Å². The average molecular weight is 641 g/mol. The van der Waals surface area contributed by atoms with Crippen LogP contribution in [0.2, 0.25) is 0 Å². The number of nitro groups is 1. The minimum Gasteiger partial charge on any atom is -0.481 e. The first kappa shape index (κ1) is 32.2. The number of nitrogens with one attached hydrogen (secondary N) is 2. The van der Waals surface area contributed by atoms with E-state index in [0.717, 1.165) is 0 Å². The van der Waals surface area contributed by atoms with E-state index in [1.165, 1.54) is 66.9 Å². The number of benzene rings is 3. The van der Waals surface area contributed by atoms with Crippen molar-refractivity contribution in [2.24, 2.45) is 0 Å². The van der Waals surface area contributed by atoms with Crippen molar-refractivity contribution in [3.05, 3.63) is 129 Å². The molecule has 0 spiro atoms. The molecule has 3 amide bonds. The summed E-state index contributed by atoms with van der Waals surface area (Å²) in [6.07, 6.45) is 2.63. The molecular formula is C33H29FN6O7. The molecule has 47 heavy (non-hydrogen) atoms. The highest BCUT2D eigenvalue weighted by Crippen LogP contribution is 2.30. The molecule has 240 valence electrons. The van der Waals surface area contributed by atoms with Crippen molar-refractivity contribution in [3.8, 4) is 0 Å². The van der Waals surface area contributed by atoms with Gasteiger partial charge >= 0.3 is 5.97 Å². The molecule has 5 rings (SSSR count). The topological polar surface area (TPSA) is 175 Å². The van der Waals surface area contributed by atoms with Crippen LogP contribution in [0.4, 0.5) is 21.5 Å². The zero-order valence-corrected chi connectivity index (χ0v) is 24.8. The Hall–Kier alpha value is -6.18. The quantitative estimate of drug-likeness (QED) is 0.169. The van der Waals surface area contributed by atoms with Crippen LogP contribution in [0, 0.1) is 15.9 Å². The van der Waals surface area contributed by atoms with Crippen LogP contribution in [0.1, 0.15) is 49.1 Å². The summed E-state index contributed by atoms with van der Waals surface area (Å²) >= 11 is 0. The summed E-state index contributed by atoms with van der Waals surface area (Å²) in [4.78, 5) is 69.3. The Morgan fingerprint density at radius 3 is 2.19 bits per heavy atom. The van der Waals surface area contributed by atoms with Crippen LogP contribution in [0.3, 0.4) is 0 Å². The highest BCUT2D eigenvalue weighted by molar-refractivity contribution is 6.07. The normalized spacial score (nSPS) is 13.4. The van der Waals surface area contributed by atoms with Gasteiger partial charge in [-0.3, -0.25) is 34.3 Å². The first-order chi connectivity index (χ1) is 22.6. The highest BCUT2D eigenvalue weighted by Gasteiger charge is 2.26. The maximum absolute atomic E-state index is 13.5.